The van der Waals surface area contributed by atoms with E-state index in [-0.39, 0.29) is 11.7 Å². The van der Waals surface area contributed by atoms with Gasteiger partial charge in [-0.15, -0.1) is 21.5 Å². The molecular formula is C20H24N6O2S2. The molecule has 158 valence electrons. The Morgan fingerprint density at radius 1 is 1.23 bits per heavy atom. The Kier molecular flexibility index (Phi) is 6.78. The van der Waals surface area contributed by atoms with Gasteiger partial charge in [0.25, 0.3) is 0 Å². The highest BCUT2D eigenvalue weighted by Crippen LogP contribution is 2.30. The van der Waals surface area contributed by atoms with Crippen LogP contribution in [-0.2, 0) is 23.1 Å². The zero-order valence-electron chi connectivity index (χ0n) is 17.0. The third-order valence-corrected chi connectivity index (χ3v) is 6.72. The first-order valence-electron chi connectivity index (χ1n) is 9.74. The molecule has 1 amide bonds. The number of thiazole rings is 1. The van der Waals surface area contributed by atoms with Crippen LogP contribution in [0.4, 0.5) is 5.13 Å². The smallest absolute Gasteiger partial charge is 0.236 e. The quantitative estimate of drug-likeness (QED) is 0.561. The van der Waals surface area contributed by atoms with Gasteiger partial charge in [0.05, 0.1) is 31.2 Å². The Bertz CT molecular complexity index is 998. The van der Waals surface area contributed by atoms with E-state index in [9.17, 15) is 4.79 Å². The first kappa shape index (κ1) is 21.0. The zero-order valence-corrected chi connectivity index (χ0v) is 18.6. The first-order valence-corrected chi connectivity index (χ1v) is 11.5. The molecule has 0 bridgehead atoms. The highest BCUT2D eigenvalue weighted by Gasteiger charge is 2.17. The summed E-state index contributed by atoms with van der Waals surface area (Å²) in [7, 11) is 1.94. The molecule has 0 unspecified atom stereocenters. The minimum atomic E-state index is -0.105. The van der Waals surface area contributed by atoms with Crippen molar-refractivity contribution in [3.63, 3.8) is 0 Å². The number of nitrogens with one attached hydrogen (secondary N) is 1. The number of amides is 1. The molecule has 1 aliphatic heterocycles. The van der Waals surface area contributed by atoms with Crippen molar-refractivity contribution in [3.8, 4) is 11.3 Å². The van der Waals surface area contributed by atoms with Gasteiger partial charge in [0.1, 0.15) is 5.82 Å². The number of anilines is 1. The van der Waals surface area contributed by atoms with Gasteiger partial charge in [-0.3, -0.25) is 9.69 Å². The lowest BCUT2D eigenvalue weighted by Crippen LogP contribution is -2.36. The van der Waals surface area contributed by atoms with E-state index in [1.54, 1.807) is 0 Å². The number of benzene rings is 1. The van der Waals surface area contributed by atoms with Crippen LogP contribution in [0.15, 0.2) is 35.5 Å². The van der Waals surface area contributed by atoms with E-state index >= 15 is 0 Å². The molecular weight excluding hydrogens is 420 g/mol. The number of morpholine rings is 1. The van der Waals surface area contributed by atoms with Crippen LogP contribution in [-0.4, -0.2) is 62.6 Å². The molecule has 3 heterocycles. The minimum Gasteiger partial charge on any atom is -0.379 e. The molecule has 1 aliphatic rings. The number of carbonyl (C=O) groups excluding carboxylic acids is 1. The van der Waals surface area contributed by atoms with Gasteiger partial charge in [-0.1, -0.05) is 42.1 Å². The second kappa shape index (κ2) is 9.69. The molecule has 0 saturated carbocycles. The molecule has 8 nitrogen and oxygen atoms in total. The molecule has 0 radical (unpaired) electrons. The average molecular weight is 445 g/mol. The Balaban J connectivity index is 1.32. The molecule has 2 aromatic heterocycles. The minimum absolute atomic E-state index is 0.105. The summed E-state index contributed by atoms with van der Waals surface area (Å²) in [6, 6.07) is 9.98. The van der Waals surface area contributed by atoms with E-state index < -0.39 is 0 Å². The van der Waals surface area contributed by atoms with Gasteiger partial charge in [0, 0.05) is 30.6 Å². The van der Waals surface area contributed by atoms with E-state index in [1.165, 1.54) is 23.1 Å². The fourth-order valence-corrected chi connectivity index (χ4v) is 4.75. The summed E-state index contributed by atoms with van der Waals surface area (Å²) in [5.41, 5.74) is 1.96. The number of carbonyl (C=O) groups is 1. The standard InChI is InChI=1S/C20H24N6O2S2/c1-14-18(15-6-4-3-5-7-15)22-19(30-14)21-17(27)13-29-20-24-23-16(25(20)2)12-26-8-10-28-11-9-26/h3-7H,8-13H2,1-2H3,(H,21,22,27). The zero-order chi connectivity index (χ0) is 20.9. The SMILES string of the molecule is Cc1sc(NC(=O)CSc2nnc(CN3CCOCC3)n2C)nc1-c1ccccc1. The highest BCUT2D eigenvalue weighted by atomic mass is 32.2. The lowest BCUT2D eigenvalue weighted by atomic mass is 10.1. The Labute approximate surface area is 183 Å². The van der Waals surface area contributed by atoms with Crippen LogP contribution < -0.4 is 5.32 Å². The van der Waals surface area contributed by atoms with Gasteiger partial charge in [0.15, 0.2) is 10.3 Å². The van der Waals surface area contributed by atoms with Gasteiger partial charge in [-0.05, 0) is 6.92 Å². The van der Waals surface area contributed by atoms with Crippen molar-refractivity contribution in [2.75, 3.05) is 37.4 Å². The Morgan fingerprint density at radius 3 is 2.77 bits per heavy atom. The summed E-state index contributed by atoms with van der Waals surface area (Å²) < 4.78 is 7.34. The van der Waals surface area contributed by atoms with Gasteiger partial charge in [0.2, 0.25) is 5.91 Å². The Morgan fingerprint density at radius 2 is 2.00 bits per heavy atom. The normalized spacial score (nSPS) is 14.7. The monoisotopic (exact) mass is 444 g/mol. The average Bonchev–Trinajstić information content (AvgIpc) is 3.30. The van der Waals surface area contributed by atoms with E-state index in [0.29, 0.717) is 5.13 Å². The number of hydrogen-bond acceptors (Lipinski definition) is 8. The third kappa shape index (κ3) is 5.07. The second-order valence-electron chi connectivity index (χ2n) is 6.97. The number of rotatable bonds is 7. The highest BCUT2D eigenvalue weighted by molar-refractivity contribution is 7.99. The van der Waals surface area contributed by atoms with E-state index in [2.05, 4.69) is 25.4 Å². The molecule has 0 spiro atoms. The van der Waals surface area contributed by atoms with Crippen molar-refractivity contribution in [2.45, 2.75) is 18.6 Å². The largest absolute Gasteiger partial charge is 0.379 e. The van der Waals surface area contributed by atoms with Crippen LogP contribution in [0.25, 0.3) is 11.3 Å². The van der Waals surface area contributed by atoms with Gasteiger partial charge < -0.3 is 14.6 Å². The second-order valence-corrected chi connectivity index (χ2v) is 9.12. The molecule has 0 atom stereocenters. The predicted octanol–water partition coefficient (Wildman–Crippen LogP) is 2.81. The number of ether oxygens (including phenoxy) is 1. The third-order valence-electron chi connectivity index (χ3n) is 4.82. The van der Waals surface area contributed by atoms with Crippen molar-refractivity contribution >= 4 is 34.1 Å². The number of aryl methyl sites for hydroxylation is 1. The fourth-order valence-electron chi connectivity index (χ4n) is 3.17. The number of aromatic nitrogens is 4. The lowest BCUT2D eigenvalue weighted by molar-refractivity contribution is -0.113. The molecule has 1 N–H and O–H groups in total. The van der Waals surface area contributed by atoms with Crippen LogP contribution >= 0.6 is 23.1 Å². The molecule has 4 rings (SSSR count). The summed E-state index contributed by atoms with van der Waals surface area (Å²) >= 11 is 2.86. The summed E-state index contributed by atoms with van der Waals surface area (Å²) in [4.78, 5) is 20.4. The number of hydrogen-bond donors (Lipinski definition) is 1. The Hall–Kier alpha value is -2.27. The fraction of sp³-hybridized carbons (Fsp3) is 0.400. The van der Waals surface area contributed by atoms with Crippen molar-refractivity contribution < 1.29 is 9.53 Å². The molecule has 3 aromatic rings. The summed E-state index contributed by atoms with van der Waals surface area (Å²) in [5, 5.41) is 12.8. The maximum Gasteiger partial charge on any atom is 0.236 e. The van der Waals surface area contributed by atoms with E-state index in [0.717, 1.165) is 60.0 Å². The van der Waals surface area contributed by atoms with E-state index in [4.69, 9.17) is 4.74 Å². The molecule has 0 aliphatic carbocycles. The van der Waals surface area contributed by atoms with Crippen molar-refractivity contribution in [1.82, 2.24) is 24.6 Å². The number of thioether (sulfide) groups is 1. The van der Waals surface area contributed by atoms with Crippen molar-refractivity contribution in [2.24, 2.45) is 7.05 Å². The summed E-state index contributed by atoms with van der Waals surface area (Å²) in [6.07, 6.45) is 0. The summed E-state index contributed by atoms with van der Waals surface area (Å²) in [6.45, 7) is 6.05. The van der Waals surface area contributed by atoms with Crippen LogP contribution in [0.3, 0.4) is 0 Å². The summed E-state index contributed by atoms with van der Waals surface area (Å²) in [5.74, 6) is 1.04. The van der Waals surface area contributed by atoms with Crippen LogP contribution in [0.2, 0.25) is 0 Å². The molecule has 1 fully saturated rings. The molecule has 10 heteroatoms. The van der Waals surface area contributed by atoms with Gasteiger partial charge >= 0.3 is 0 Å². The van der Waals surface area contributed by atoms with E-state index in [1.807, 2.05) is 48.9 Å². The first-order chi connectivity index (χ1) is 14.6. The van der Waals surface area contributed by atoms with Gasteiger partial charge in [-0.25, -0.2) is 4.98 Å². The maximum atomic E-state index is 12.4. The lowest BCUT2D eigenvalue weighted by Gasteiger charge is -2.25. The molecule has 1 saturated heterocycles. The van der Waals surface area contributed by atoms with Gasteiger partial charge in [-0.2, -0.15) is 0 Å². The van der Waals surface area contributed by atoms with Crippen LogP contribution in [0.5, 0.6) is 0 Å². The van der Waals surface area contributed by atoms with Crippen molar-refractivity contribution in [3.05, 3.63) is 41.0 Å². The van der Waals surface area contributed by atoms with Crippen LogP contribution in [0, 0.1) is 6.92 Å². The number of nitrogens with zero attached hydrogens (tertiary/aromatic N) is 5. The topological polar surface area (TPSA) is 85.2 Å². The predicted molar refractivity (Wildman–Crippen MR) is 119 cm³/mol. The van der Waals surface area contributed by atoms with Crippen molar-refractivity contribution in [1.29, 1.82) is 0 Å². The molecule has 1 aromatic carbocycles. The maximum absolute atomic E-state index is 12.4. The van der Waals surface area contributed by atoms with Crippen LogP contribution in [0.1, 0.15) is 10.7 Å². The molecule has 30 heavy (non-hydrogen) atoms.